The summed E-state index contributed by atoms with van der Waals surface area (Å²) < 4.78 is 41.2. The molecule has 0 bridgehead atoms. The fraction of sp³-hybridized carbons (Fsp3) is 0.174. The molecule has 0 radical (unpaired) electrons. The monoisotopic (exact) mass is 441 g/mol. The first-order valence-corrected chi connectivity index (χ1v) is 11.3. The average molecular weight is 442 g/mol. The van der Waals surface area contributed by atoms with Crippen molar-refractivity contribution in [2.45, 2.75) is 11.3 Å². The van der Waals surface area contributed by atoms with Crippen molar-refractivity contribution in [2.24, 2.45) is 0 Å². The van der Waals surface area contributed by atoms with E-state index in [0.29, 0.717) is 36.4 Å². The van der Waals surface area contributed by atoms with Gasteiger partial charge in [-0.2, -0.15) is 0 Å². The largest absolute Gasteiger partial charge is 0.372 e. The third kappa shape index (κ3) is 6.05. The predicted molar refractivity (Wildman–Crippen MR) is 120 cm³/mol. The summed E-state index contributed by atoms with van der Waals surface area (Å²) in [5.74, 6) is -0.599. The number of sulfonamides is 1. The molecule has 0 saturated heterocycles. The molecule has 0 aliphatic carbocycles. The molecule has 3 rings (SSSR count). The quantitative estimate of drug-likeness (QED) is 0.494. The first-order valence-electron chi connectivity index (χ1n) is 9.78. The van der Waals surface area contributed by atoms with Crippen molar-refractivity contribution in [3.63, 3.8) is 0 Å². The van der Waals surface area contributed by atoms with E-state index in [1.54, 1.807) is 66.5 Å². The van der Waals surface area contributed by atoms with Gasteiger partial charge in [-0.25, -0.2) is 12.8 Å². The molecule has 0 aromatic heterocycles. The van der Waals surface area contributed by atoms with Crippen LogP contribution in [0.2, 0.25) is 0 Å². The van der Waals surface area contributed by atoms with E-state index in [0.717, 1.165) is 0 Å². The summed E-state index contributed by atoms with van der Waals surface area (Å²) in [6.45, 7) is 0.968. The number of amides is 1. The lowest BCUT2D eigenvalue weighted by atomic mass is 10.2. The Hall–Kier alpha value is -3.39. The number of hydrogen-bond donors (Lipinski definition) is 2. The van der Waals surface area contributed by atoms with Gasteiger partial charge in [0.15, 0.2) is 0 Å². The van der Waals surface area contributed by atoms with Crippen LogP contribution >= 0.6 is 0 Å². The number of anilines is 2. The van der Waals surface area contributed by atoms with E-state index in [2.05, 4.69) is 10.0 Å². The van der Waals surface area contributed by atoms with Gasteiger partial charge in [-0.15, -0.1) is 0 Å². The maximum Gasteiger partial charge on any atom is 0.261 e. The molecular weight excluding hydrogens is 417 g/mol. The summed E-state index contributed by atoms with van der Waals surface area (Å²) in [7, 11) is -1.94. The molecule has 0 saturated carbocycles. The van der Waals surface area contributed by atoms with Crippen LogP contribution in [0.4, 0.5) is 15.8 Å². The Morgan fingerprint density at radius 2 is 1.68 bits per heavy atom. The second kappa shape index (κ2) is 10.1. The van der Waals surface area contributed by atoms with Gasteiger partial charge in [-0.3, -0.25) is 9.52 Å². The van der Waals surface area contributed by atoms with Crippen molar-refractivity contribution >= 4 is 27.3 Å². The molecule has 0 atom stereocenters. The van der Waals surface area contributed by atoms with Crippen molar-refractivity contribution in [2.75, 3.05) is 29.8 Å². The number of nitrogens with zero attached hydrogens (tertiary/aromatic N) is 1. The predicted octanol–water partition coefficient (Wildman–Crippen LogP) is 3.88. The zero-order valence-corrected chi connectivity index (χ0v) is 17.9. The molecule has 0 aliphatic heterocycles. The van der Waals surface area contributed by atoms with Gasteiger partial charge in [0, 0.05) is 31.4 Å². The first kappa shape index (κ1) is 22.3. The molecule has 31 heavy (non-hydrogen) atoms. The minimum atomic E-state index is -3.73. The highest BCUT2D eigenvalue weighted by molar-refractivity contribution is 7.92. The van der Waals surface area contributed by atoms with E-state index >= 15 is 0 Å². The molecule has 162 valence electrons. The maximum absolute atomic E-state index is 13.8. The molecule has 1 amide bonds. The molecule has 0 unspecified atom stereocenters. The lowest BCUT2D eigenvalue weighted by molar-refractivity contribution is 0.0953. The van der Waals surface area contributed by atoms with Crippen LogP contribution in [0.1, 0.15) is 16.8 Å². The summed E-state index contributed by atoms with van der Waals surface area (Å²) in [6, 6.07) is 20.8. The molecular formula is C23H24FN3O3S. The van der Waals surface area contributed by atoms with Crippen molar-refractivity contribution < 1.29 is 17.6 Å². The third-order valence-electron chi connectivity index (χ3n) is 4.65. The molecule has 2 N–H and O–H groups in total. The molecule has 0 fully saturated rings. The Morgan fingerprint density at radius 1 is 0.968 bits per heavy atom. The van der Waals surface area contributed by atoms with Gasteiger partial charge in [-0.1, -0.05) is 36.4 Å². The van der Waals surface area contributed by atoms with Gasteiger partial charge >= 0.3 is 0 Å². The van der Waals surface area contributed by atoms with Gasteiger partial charge in [0.2, 0.25) is 0 Å². The van der Waals surface area contributed by atoms with Crippen molar-refractivity contribution in [1.29, 1.82) is 0 Å². The Labute approximate surface area is 181 Å². The first-order chi connectivity index (χ1) is 14.9. The van der Waals surface area contributed by atoms with Crippen molar-refractivity contribution in [1.82, 2.24) is 5.32 Å². The number of carbonyl (C=O) groups is 1. The summed E-state index contributed by atoms with van der Waals surface area (Å²) in [5.41, 5.74) is 1.15. The number of nitrogens with one attached hydrogen (secondary N) is 2. The van der Waals surface area contributed by atoms with Crippen LogP contribution in [0.3, 0.4) is 0 Å². The number of halogens is 1. The summed E-state index contributed by atoms with van der Waals surface area (Å²) >= 11 is 0. The molecule has 0 spiro atoms. The van der Waals surface area contributed by atoms with E-state index in [9.17, 15) is 17.6 Å². The zero-order chi connectivity index (χ0) is 22.3. The van der Waals surface area contributed by atoms with E-state index in [-0.39, 0.29) is 16.6 Å². The topological polar surface area (TPSA) is 78.5 Å². The van der Waals surface area contributed by atoms with Crippen molar-refractivity contribution in [3.05, 3.63) is 90.2 Å². The van der Waals surface area contributed by atoms with Crippen LogP contribution in [0.15, 0.2) is 83.8 Å². The second-order valence-electron chi connectivity index (χ2n) is 6.98. The molecule has 3 aromatic rings. The minimum Gasteiger partial charge on any atom is -0.372 e. The van der Waals surface area contributed by atoms with Crippen LogP contribution in [0.5, 0.6) is 0 Å². The third-order valence-corrected chi connectivity index (χ3v) is 6.05. The Bertz CT molecular complexity index is 1140. The van der Waals surface area contributed by atoms with Gasteiger partial charge in [-0.05, 0) is 48.9 Å². The van der Waals surface area contributed by atoms with E-state index < -0.39 is 10.0 Å². The summed E-state index contributed by atoms with van der Waals surface area (Å²) in [6.07, 6.45) is 0.622. The highest BCUT2D eigenvalue weighted by Crippen LogP contribution is 2.18. The molecule has 6 nitrogen and oxygen atoms in total. The molecule has 0 heterocycles. The van der Waals surface area contributed by atoms with Gasteiger partial charge in [0.1, 0.15) is 5.82 Å². The average Bonchev–Trinajstić information content (AvgIpc) is 2.77. The molecule has 8 heteroatoms. The maximum atomic E-state index is 13.8. The number of carbonyl (C=O) groups excluding carboxylic acids is 1. The van der Waals surface area contributed by atoms with Gasteiger partial charge in [0.25, 0.3) is 15.9 Å². The zero-order valence-electron chi connectivity index (χ0n) is 17.1. The fourth-order valence-corrected chi connectivity index (χ4v) is 4.11. The fourth-order valence-electron chi connectivity index (χ4n) is 3.04. The smallest absolute Gasteiger partial charge is 0.261 e. The lowest BCUT2D eigenvalue weighted by Crippen LogP contribution is -2.28. The highest BCUT2D eigenvalue weighted by atomic mass is 32.2. The summed E-state index contributed by atoms with van der Waals surface area (Å²) in [4.78, 5) is 14.4. The van der Waals surface area contributed by atoms with Crippen LogP contribution in [-0.2, 0) is 10.0 Å². The van der Waals surface area contributed by atoms with Crippen molar-refractivity contribution in [3.8, 4) is 0 Å². The minimum absolute atomic E-state index is 0.142. The lowest BCUT2D eigenvalue weighted by Gasteiger charge is -2.19. The van der Waals surface area contributed by atoms with Crippen LogP contribution in [-0.4, -0.2) is 34.5 Å². The molecule has 3 aromatic carbocycles. The normalized spacial score (nSPS) is 11.0. The molecule has 0 aliphatic rings. The van der Waals surface area contributed by atoms with Crippen LogP contribution in [0, 0.1) is 5.82 Å². The number of rotatable bonds is 9. The number of hydrogen-bond acceptors (Lipinski definition) is 4. The highest BCUT2D eigenvalue weighted by Gasteiger charge is 2.14. The van der Waals surface area contributed by atoms with Gasteiger partial charge < -0.3 is 10.2 Å². The van der Waals surface area contributed by atoms with E-state index in [1.807, 2.05) is 0 Å². The summed E-state index contributed by atoms with van der Waals surface area (Å²) in [5, 5.41) is 2.81. The van der Waals surface area contributed by atoms with Gasteiger partial charge in [0.05, 0.1) is 10.6 Å². The number of para-hydroxylation sites is 1. The van der Waals surface area contributed by atoms with Crippen LogP contribution in [0.25, 0.3) is 0 Å². The van der Waals surface area contributed by atoms with Crippen LogP contribution < -0.4 is 14.9 Å². The SMILES string of the molecule is CN(CCCNC(=O)c1cccc(NS(=O)(=O)c2ccccc2)c1)c1ccccc1F. The second-order valence-corrected chi connectivity index (χ2v) is 8.66. The Balaban J connectivity index is 1.54. The van der Waals surface area contributed by atoms with E-state index in [4.69, 9.17) is 0 Å². The Morgan fingerprint density at radius 3 is 2.42 bits per heavy atom. The van der Waals surface area contributed by atoms with E-state index in [1.165, 1.54) is 24.3 Å². The Kier molecular flexibility index (Phi) is 7.25. The number of benzene rings is 3. The standard InChI is InChI=1S/C23H24FN3O3S/c1-27(22-14-6-5-13-21(22)24)16-8-15-25-23(28)18-9-7-10-19(17-18)26-31(29,30)20-11-3-2-4-12-20/h2-7,9-14,17,26H,8,15-16H2,1H3,(H,25,28).